The van der Waals surface area contributed by atoms with E-state index in [0.717, 1.165) is 16.7 Å². The molecule has 5 rings (SSSR count). The van der Waals surface area contributed by atoms with Crippen LogP contribution in [0.1, 0.15) is 43.5 Å². The van der Waals surface area contributed by atoms with Gasteiger partial charge in [0, 0.05) is 44.5 Å². The molecule has 1 amide bonds. The number of nitrogens with zero attached hydrogens (tertiary/aromatic N) is 7. The van der Waals surface area contributed by atoms with Crippen molar-refractivity contribution >= 4 is 11.9 Å². The van der Waals surface area contributed by atoms with Crippen LogP contribution in [0.5, 0.6) is 0 Å². The standard InChI is InChI=1S/C22H23N7O4/c1-14-16(3-4-17-18(14)12-33-22(17)32)19(30)11-27-6-8-28(9-7-27)21(31)15-2-5-20(23-10-15)29-13-24-25-26-29/h2-5,10,13,19,30H,6-9,11-12H2,1H3/t19-/m0/s1. The smallest absolute Gasteiger partial charge is 0.338 e. The number of hydrogen-bond donors (Lipinski definition) is 1. The van der Waals surface area contributed by atoms with Gasteiger partial charge in [0.2, 0.25) is 0 Å². The number of amides is 1. The molecule has 2 aliphatic rings. The predicted molar refractivity (Wildman–Crippen MR) is 115 cm³/mol. The molecule has 1 N–H and O–H groups in total. The van der Waals surface area contributed by atoms with E-state index in [9.17, 15) is 14.7 Å². The van der Waals surface area contributed by atoms with Gasteiger partial charge < -0.3 is 14.7 Å². The molecule has 3 aromatic rings. The number of β-amino-alcohol motifs (C(OH)–C–C–N with tert-alkyl or cyclic N) is 1. The van der Waals surface area contributed by atoms with Gasteiger partial charge in [0.1, 0.15) is 12.9 Å². The molecule has 33 heavy (non-hydrogen) atoms. The minimum Gasteiger partial charge on any atom is -0.457 e. The molecule has 0 unspecified atom stereocenters. The lowest BCUT2D eigenvalue weighted by atomic mass is 9.95. The molecule has 170 valence electrons. The van der Waals surface area contributed by atoms with Crippen LogP contribution in [0.2, 0.25) is 0 Å². The average Bonchev–Trinajstić information content (AvgIpc) is 3.50. The summed E-state index contributed by atoms with van der Waals surface area (Å²) in [5, 5.41) is 21.8. The van der Waals surface area contributed by atoms with Crippen LogP contribution in [0.25, 0.3) is 5.82 Å². The van der Waals surface area contributed by atoms with E-state index in [2.05, 4.69) is 25.4 Å². The Hall–Kier alpha value is -3.70. The maximum Gasteiger partial charge on any atom is 0.338 e. The van der Waals surface area contributed by atoms with Crippen molar-refractivity contribution in [3.8, 4) is 5.82 Å². The Balaban J connectivity index is 1.17. The lowest BCUT2D eigenvalue weighted by molar-refractivity contribution is 0.0524. The molecule has 1 saturated heterocycles. The third kappa shape index (κ3) is 4.08. The number of rotatable bonds is 5. The Kier molecular flexibility index (Phi) is 5.56. The number of esters is 1. The van der Waals surface area contributed by atoms with E-state index in [0.29, 0.717) is 49.7 Å². The first-order valence-electron chi connectivity index (χ1n) is 10.7. The Morgan fingerprint density at radius 3 is 2.70 bits per heavy atom. The van der Waals surface area contributed by atoms with Crippen LogP contribution in [0, 0.1) is 6.92 Å². The van der Waals surface area contributed by atoms with Crippen LogP contribution in [-0.2, 0) is 11.3 Å². The van der Waals surface area contributed by atoms with Gasteiger partial charge >= 0.3 is 5.97 Å². The number of piperazine rings is 1. The van der Waals surface area contributed by atoms with Gasteiger partial charge in [-0.25, -0.2) is 9.78 Å². The molecule has 0 bridgehead atoms. The summed E-state index contributed by atoms with van der Waals surface area (Å²) in [4.78, 5) is 32.8. The normalized spacial score (nSPS) is 17.0. The number of tetrazole rings is 1. The number of fused-ring (bicyclic) bond motifs is 1. The van der Waals surface area contributed by atoms with Crippen molar-refractivity contribution in [2.24, 2.45) is 0 Å². The zero-order valence-corrected chi connectivity index (χ0v) is 18.1. The Morgan fingerprint density at radius 2 is 2.00 bits per heavy atom. The average molecular weight is 449 g/mol. The van der Waals surface area contributed by atoms with Crippen LogP contribution < -0.4 is 0 Å². The molecule has 1 fully saturated rings. The van der Waals surface area contributed by atoms with Gasteiger partial charge in [0.15, 0.2) is 5.82 Å². The molecular weight excluding hydrogens is 426 g/mol. The summed E-state index contributed by atoms with van der Waals surface area (Å²) in [5.74, 6) is 0.147. The molecule has 0 saturated carbocycles. The topological polar surface area (TPSA) is 127 Å². The van der Waals surface area contributed by atoms with Gasteiger partial charge in [-0.1, -0.05) is 6.07 Å². The number of aromatic nitrogens is 5. The largest absolute Gasteiger partial charge is 0.457 e. The molecule has 2 aromatic heterocycles. The maximum atomic E-state index is 12.9. The second-order valence-corrected chi connectivity index (χ2v) is 8.15. The highest BCUT2D eigenvalue weighted by atomic mass is 16.5. The fourth-order valence-corrected chi connectivity index (χ4v) is 4.30. The summed E-state index contributed by atoms with van der Waals surface area (Å²) >= 11 is 0. The van der Waals surface area contributed by atoms with Crippen molar-refractivity contribution < 1.29 is 19.4 Å². The molecule has 1 atom stereocenters. The van der Waals surface area contributed by atoms with E-state index in [4.69, 9.17) is 4.74 Å². The summed E-state index contributed by atoms with van der Waals surface area (Å²) in [6.07, 6.45) is 2.28. The van der Waals surface area contributed by atoms with Gasteiger partial charge in [-0.3, -0.25) is 9.69 Å². The highest BCUT2D eigenvalue weighted by Crippen LogP contribution is 2.29. The van der Waals surface area contributed by atoms with Crippen LogP contribution >= 0.6 is 0 Å². The van der Waals surface area contributed by atoms with Gasteiger partial charge in [-0.05, 0) is 46.7 Å². The number of pyridine rings is 1. The van der Waals surface area contributed by atoms with Gasteiger partial charge in [0.25, 0.3) is 5.91 Å². The van der Waals surface area contributed by atoms with E-state index >= 15 is 0 Å². The Morgan fingerprint density at radius 1 is 1.18 bits per heavy atom. The van der Waals surface area contributed by atoms with E-state index in [-0.39, 0.29) is 18.5 Å². The number of benzene rings is 1. The molecular formula is C22H23N7O4. The molecule has 11 nitrogen and oxygen atoms in total. The number of carbonyl (C=O) groups excluding carboxylic acids is 2. The Bertz CT molecular complexity index is 1170. The minimum absolute atomic E-state index is 0.0786. The maximum absolute atomic E-state index is 12.9. The van der Waals surface area contributed by atoms with Crippen molar-refractivity contribution in [1.82, 2.24) is 35.0 Å². The summed E-state index contributed by atoms with van der Waals surface area (Å²) < 4.78 is 6.52. The summed E-state index contributed by atoms with van der Waals surface area (Å²) in [6, 6.07) is 6.95. The van der Waals surface area contributed by atoms with Gasteiger partial charge in [-0.15, -0.1) is 5.10 Å². The number of aliphatic hydroxyl groups is 1. The van der Waals surface area contributed by atoms with Crippen LogP contribution in [-0.4, -0.2) is 84.7 Å². The van der Waals surface area contributed by atoms with Gasteiger partial charge in [-0.2, -0.15) is 4.68 Å². The first-order valence-corrected chi connectivity index (χ1v) is 10.7. The van der Waals surface area contributed by atoms with Crippen molar-refractivity contribution in [2.75, 3.05) is 32.7 Å². The van der Waals surface area contributed by atoms with E-state index in [1.807, 2.05) is 6.92 Å². The number of hydrogen-bond acceptors (Lipinski definition) is 9. The highest BCUT2D eigenvalue weighted by Gasteiger charge is 2.28. The SMILES string of the molecule is Cc1c([C@@H](O)CN2CCN(C(=O)c3ccc(-n4cnnn4)nc3)CC2)ccc2c1COC2=O. The third-order valence-electron chi connectivity index (χ3n) is 6.24. The summed E-state index contributed by atoms with van der Waals surface area (Å²) in [5.41, 5.74) is 3.64. The number of ether oxygens (including phenoxy) is 1. The number of cyclic esters (lactones) is 1. The molecule has 2 aliphatic heterocycles. The van der Waals surface area contributed by atoms with Crippen LogP contribution in [0.4, 0.5) is 0 Å². The fraction of sp³-hybridized carbons (Fsp3) is 0.364. The fourth-order valence-electron chi connectivity index (χ4n) is 4.30. The quantitative estimate of drug-likeness (QED) is 0.555. The van der Waals surface area contributed by atoms with Crippen LogP contribution in [0.15, 0.2) is 36.8 Å². The van der Waals surface area contributed by atoms with E-state index in [1.54, 1.807) is 29.2 Å². The van der Waals surface area contributed by atoms with Crippen molar-refractivity contribution in [3.05, 3.63) is 64.6 Å². The first kappa shape index (κ1) is 21.2. The molecule has 0 radical (unpaired) electrons. The Labute approximate surface area is 189 Å². The molecule has 4 heterocycles. The van der Waals surface area contributed by atoms with Crippen LogP contribution in [0.3, 0.4) is 0 Å². The van der Waals surface area contributed by atoms with Gasteiger partial charge in [0.05, 0.1) is 17.2 Å². The number of carbonyl (C=O) groups is 2. The number of aliphatic hydroxyl groups excluding tert-OH is 1. The molecule has 11 heteroatoms. The van der Waals surface area contributed by atoms with E-state index in [1.165, 1.54) is 17.2 Å². The monoisotopic (exact) mass is 449 g/mol. The zero-order chi connectivity index (χ0) is 22.9. The first-order chi connectivity index (χ1) is 16.0. The molecule has 0 spiro atoms. The second-order valence-electron chi connectivity index (χ2n) is 8.15. The molecule has 1 aromatic carbocycles. The lowest BCUT2D eigenvalue weighted by Gasteiger charge is -2.36. The summed E-state index contributed by atoms with van der Waals surface area (Å²) in [7, 11) is 0. The third-order valence-corrected chi connectivity index (χ3v) is 6.24. The van der Waals surface area contributed by atoms with Crippen molar-refractivity contribution in [1.29, 1.82) is 0 Å². The lowest BCUT2D eigenvalue weighted by Crippen LogP contribution is -2.49. The zero-order valence-electron chi connectivity index (χ0n) is 18.1. The highest BCUT2D eigenvalue weighted by molar-refractivity contribution is 5.94. The second kappa shape index (κ2) is 8.68. The molecule has 0 aliphatic carbocycles. The van der Waals surface area contributed by atoms with E-state index < -0.39 is 6.10 Å². The predicted octanol–water partition coefficient (Wildman–Crippen LogP) is 0.528. The summed E-state index contributed by atoms with van der Waals surface area (Å²) in [6.45, 7) is 5.06. The minimum atomic E-state index is -0.684. The van der Waals surface area contributed by atoms with Crippen molar-refractivity contribution in [3.63, 3.8) is 0 Å². The van der Waals surface area contributed by atoms with Crippen molar-refractivity contribution in [2.45, 2.75) is 19.6 Å².